The summed E-state index contributed by atoms with van der Waals surface area (Å²) in [5, 5.41) is 6.11. The average Bonchev–Trinajstić information content (AvgIpc) is 2.81. The Morgan fingerprint density at radius 2 is 1.82 bits per heavy atom. The van der Waals surface area contributed by atoms with E-state index in [1.807, 2.05) is 67.4 Å². The summed E-state index contributed by atoms with van der Waals surface area (Å²) >= 11 is 0. The topological polar surface area (TPSA) is 122 Å². The van der Waals surface area contributed by atoms with E-state index in [1.54, 1.807) is 0 Å². The molecule has 1 amide bonds. The molecule has 4 rings (SSSR count). The first-order valence-electron chi connectivity index (χ1n) is 11.2. The van der Waals surface area contributed by atoms with Crippen molar-refractivity contribution in [1.82, 2.24) is 19.9 Å². The van der Waals surface area contributed by atoms with E-state index in [1.165, 1.54) is 0 Å². The van der Waals surface area contributed by atoms with Crippen LogP contribution in [0.5, 0.6) is 0 Å². The quantitative estimate of drug-likeness (QED) is 0.463. The van der Waals surface area contributed by atoms with Gasteiger partial charge in [-0.3, -0.25) is 9.69 Å². The third-order valence-corrected chi connectivity index (χ3v) is 5.44. The Labute approximate surface area is 199 Å². The summed E-state index contributed by atoms with van der Waals surface area (Å²) in [6.07, 6.45) is 0. The van der Waals surface area contributed by atoms with Gasteiger partial charge in [-0.15, -0.1) is 0 Å². The smallest absolute Gasteiger partial charge is 0.238 e. The van der Waals surface area contributed by atoms with E-state index < -0.39 is 0 Å². The number of carbonyl (C=O) groups is 1. The second kappa shape index (κ2) is 10.9. The van der Waals surface area contributed by atoms with Crippen molar-refractivity contribution in [2.45, 2.75) is 13.5 Å². The van der Waals surface area contributed by atoms with Gasteiger partial charge in [-0.25, -0.2) is 0 Å². The SMILES string of the molecule is Cc1ccccc1Nc1nc(N)nc(CN(C)CC(=O)Nc2ccc(N3CCOCC3)cc2)n1. The number of benzene rings is 2. The molecule has 1 aliphatic heterocycles. The fourth-order valence-corrected chi connectivity index (χ4v) is 3.72. The fourth-order valence-electron chi connectivity index (χ4n) is 3.72. The lowest BCUT2D eigenvalue weighted by Crippen LogP contribution is -2.36. The number of nitrogens with one attached hydrogen (secondary N) is 2. The van der Waals surface area contributed by atoms with Crippen molar-refractivity contribution in [3.05, 3.63) is 59.9 Å². The number of rotatable bonds is 8. The fraction of sp³-hybridized carbons (Fsp3) is 0.333. The van der Waals surface area contributed by atoms with E-state index >= 15 is 0 Å². The molecule has 4 N–H and O–H groups in total. The van der Waals surface area contributed by atoms with Crippen molar-refractivity contribution < 1.29 is 9.53 Å². The molecule has 1 saturated heterocycles. The molecule has 34 heavy (non-hydrogen) atoms. The first kappa shape index (κ1) is 23.4. The zero-order valence-corrected chi connectivity index (χ0v) is 19.5. The molecule has 0 saturated carbocycles. The van der Waals surface area contributed by atoms with Gasteiger partial charge < -0.3 is 26.0 Å². The van der Waals surface area contributed by atoms with Crippen molar-refractivity contribution in [1.29, 1.82) is 0 Å². The lowest BCUT2D eigenvalue weighted by molar-refractivity contribution is -0.117. The van der Waals surface area contributed by atoms with Gasteiger partial charge in [0, 0.05) is 30.2 Å². The molecule has 0 bridgehead atoms. The number of amides is 1. The Morgan fingerprint density at radius 3 is 2.56 bits per heavy atom. The highest BCUT2D eigenvalue weighted by Gasteiger charge is 2.13. The number of ether oxygens (including phenoxy) is 1. The number of nitrogen functional groups attached to an aromatic ring is 1. The summed E-state index contributed by atoms with van der Waals surface area (Å²) in [5.74, 6) is 0.852. The van der Waals surface area contributed by atoms with Gasteiger partial charge in [0.15, 0.2) is 0 Å². The molecule has 0 radical (unpaired) electrons. The van der Waals surface area contributed by atoms with Crippen LogP contribution in [-0.2, 0) is 16.1 Å². The first-order chi connectivity index (χ1) is 16.5. The summed E-state index contributed by atoms with van der Waals surface area (Å²) < 4.78 is 5.40. The molecule has 3 aromatic rings. The number of anilines is 5. The highest BCUT2D eigenvalue weighted by atomic mass is 16.5. The zero-order chi connectivity index (χ0) is 23.9. The van der Waals surface area contributed by atoms with Crippen LogP contribution in [0.1, 0.15) is 11.4 Å². The van der Waals surface area contributed by atoms with Gasteiger partial charge in [0.25, 0.3) is 0 Å². The molecular formula is C24H30N8O2. The molecule has 2 aromatic carbocycles. The molecule has 1 aromatic heterocycles. The number of hydrogen-bond donors (Lipinski definition) is 3. The first-order valence-corrected chi connectivity index (χ1v) is 11.2. The number of carbonyl (C=O) groups excluding carboxylic acids is 1. The molecule has 0 unspecified atom stereocenters. The maximum atomic E-state index is 12.5. The van der Waals surface area contributed by atoms with Crippen LogP contribution < -0.4 is 21.3 Å². The molecular weight excluding hydrogens is 432 g/mol. The van der Waals surface area contributed by atoms with E-state index in [-0.39, 0.29) is 18.4 Å². The number of aryl methyl sites for hydroxylation is 1. The van der Waals surface area contributed by atoms with Crippen LogP contribution in [0.3, 0.4) is 0 Å². The van der Waals surface area contributed by atoms with Gasteiger partial charge in [-0.05, 0) is 49.9 Å². The number of hydrogen-bond acceptors (Lipinski definition) is 9. The Bertz CT molecular complexity index is 1120. The molecule has 1 aliphatic rings. The summed E-state index contributed by atoms with van der Waals surface area (Å²) in [6.45, 7) is 5.75. The van der Waals surface area contributed by atoms with Crippen LogP contribution in [-0.4, -0.2) is 65.7 Å². The van der Waals surface area contributed by atoms with Gasteiger partial charge >= 0.3 is 0 Å². The van der Waals surface area contributed by atoms with E-state index in [0.717, 1.165) is 48.9 Å². The minimum absolute atomic E-state index is 0.123. The van der Waals surface area contributed by atoms with Crippen LogP contribution in [0.4, 0.5) is 29.0 Å². The standard InChI is InChI=1S/C24H30N8O2/c1-17-5-3-4-6-20(17)27-24-29-21(28-23(25)30-24)15-31(2)16-22(33)26-18-7-9-19(10-8-18)32-11-13-34-14-12-32/h3-10H,11-16H2,1-2H3,(H,26,33)(H3,25,27,28,29,30). The molecule has 0 atom stereocenters. The Balaban J connectivity index is 1.31. The predicted molar refractivity (Wildman–Crippen MR) is 133 cm³/mol. The Morgan fingerprint density at radius 1 is 1.09 bits per heavy atom. The highest BCUT2D eigenvalue weighted by molar-refractivity contribution is 5.92. The Hall–Kier alpha value is -3.76. The molecule has 1 fully saturated rings. The van der Waals surface area contributed by atoms with Crippen LogP contribution in [0.25, 0.3) is 0 Å². The number of aromatic nitrogens is 3. The maximum Gasteiger partial charge on any atom is 0.238 e. The molecule has 0 spiro atoms. The molecule has 2 heterocycles. The highest BCUT2D eigenvalue weighted by Crippen LogP contribution is 2.20. The van der Waals surface area contributed by atoms with Crippen molar-refractivity contribution >= 4 is 34.9 Å². The normalized spacial score (nSPS) is 13.7. The molecule has 178 valence electrons. The van der Waals surface area contributed by atoms with E-state index in [2.05, 4.69) is 30.5 Å². The monoisotopic (exact) mass is 462 g/mol. The molecule has 10 nitrogen and oxygen atoms in total. The van der Waals surface area contributed by atoms with Crippen LogP contribution in [0, 0.1) is 6.92 Å². The lowest BCUT2D eigenvalue weighted by atomic mass is 10.2. The maximum absolute atomic E-state index is 12.5. The predicted octanol–water partition coefficient (Wildman–Crippen LogP) is 2.41. The van der Waals surface area contributed by atoms with Crippen molar-refractivity contribution in [3.8, 4) is 0 Å². The summed E-state index contributed by atoms with van der Waals surface area (Å²) in [4.78, 5) is 29.5. The van der Waals surface area contributed by atoms with Crippen molar-refractivity contribution in [2.75, 3.05) is 61.2 Å². The summed E-state index contributed by atoms with van der Waals surface area (Å²) in [5.41, 5.74) is 9.73. The van der Waals surface area contributed by atoms with E-state index in [4.69, 9.17) is 10.5 Å². The van der Waals surface area contributed by atoms with E-state index in [9.17, 15) is 4.79 Å². The molecule has 0 aliphatic carbocycles. The number of nitrogens with zero attached hydrogens (tertiary/aromatic N) is 5. The summed E-state index contributed by atoms with van der Waals surface area (Å²) in [6, 6.07) is 15.7. The van der Waals surface area contributed by atoms with Gasteiger partial charge in [-0.1, -0.05) is 18.2 Å². The lowest BCUT2D eigenvalue weighted by Gasteiger charge is -2.28. The third-order valence-electron chi connectivity index (χ3n) is 5.44. The van der Waals surface area contributed by atoms with Gasteiger partial charge in [0.2, 0.25) is 17.8 Å². The van der Waals surface area contributed by atoms with Gasteiger partial charge in [-0.2, -0.15) is 15.0 Å². The number of para-hydroxylation sites is 1. The van der Waals surface area contributed by atoms with Gasteiger partial charge in [0.1, 0.15) is 5.82 Å². The number of nitrogens with two attached hydrogens (primary N) is 1. The van der Waals surface area contributed by atoms with E-state index in [0.29, 0.717) is 18.3 Å². The van der Waals surface area contributed by atoms with Crippen LogP contribution in [0.2, 0.25) is 0 Å². The third kappa shape index (κ3) is 6.40. The zero-order valence-electron chi connectivity index (χ0n) is 19.5. The largest absolute Gasteiger partial charge is 0.378 e. The second-order valence-electron chi connectivity index (χ2n) is 8.24. The molecule has 10 heteroatoms. The number of morpholine rings is 1. The number of likely N-dealkylation sites (N-methyl/N-ethyl adjacent to an activating group) is 1. The van der Waals surface area contributed by atoms with Crippen LogP contribution >= 0.6 is 0 Å². The minimum atomic E-state index is -0.123. The summed E-state index contributed by atoms with van der Waals surface area (Å²) in [7, 11) is 1.83. The Kier molecular flexibility index (Phi) is 7.51. The van der Waals surface area contributed by atoms with Gasteiger partial charge in [0.05, 0.1) is 26.3 Å². The minimum Gasteiger partial charge on any atom is -0.378 e. The van der Waals surface area contributed by atoms with Crippen molar-refractivity contribution in [2.24, 2.45) is 0 Å². The van der Waals surface area contributed by atoms with Crippen LogP contribution in [0.15, 0.2) is 48.5 Å². The second-order valence-corrected chi connectivity index (χ2v) is 8.24. The van der Waals surface area contributed by atoms with Crippen molar-refractivity contribution in [3.63, 3.8) is 0 Å². The average molecular weight is 463 g/mol.